The maximum atomic E-state index is 12.8. The number of aromatic nitrogens is 3. The summed E-state index contributed by atoms with van der Waals surface area (Å²) in [5.74, 6) is 1.76. The van der Waals surface area contributed by atoms with Crippen molar-refractivity contribution in [3.05, 3.63) is 41.8 Å². The summed E-state index contributed by atoms with van der Waals surface area (Å²) in [6.45, 7) is 3.34. The van der Waals surface area contributed by atoms with E-state index in [1.54, 1.807) is 31.5 Å². The average Bonchev–Trinajstić information content (AvgIpc) is 3.15. The maximum absolute atomic E-state index is 12.8. The zero-order valence-corrected chi connectivity index (χ0v) is 16.8. The number of amides is 2. The molecule has 1 saturated carbocycles. The third-order valence-corrected chi connectivity index (χ3v) is 5.95. The Kier molecular flexibility index (Phi) is 5.87. The number of hydrogen-bond donors (Lipinski definition) is 0. The molecule has 1 unspecified atom stereocenters. The standard InChI is InChI=1S/C21H27N5O3/c1-15(27)26(12-9-19-23-20(29-24-19)16-5-2-6-16)18-8-4-11-25(14-18)21(28)17-7-3-10-22-13-17/h3,7,10,13,16,18H,2,4-6,8-9,11-12,14H2,1H3. The summed E-state index contributed by atoms with van der Waals surface area (Å²) in [7, 11) is 0. The number of carbonyl (C=O) groups excluding carboxylic acids is 2. The van der Waals surface area contributed by atoms with E-state index >= 15 is 0 Å². The van der Waals surface area contributed by atoms with Crippen LogP contribution >= 0.6 is 0 Å². The molecule has 1 saturated heterocycles. The first kappa shape index (κ1) is 19.5. The fourth-order valence-corrected chi connectivity index (χ4v) is 4.07. The van der Waals surface area contributed by atoms with Crippen LogP contribution in [0.15, 0.2) is 29.0 Å². The van der Waals surface area contributed by atoms with Gasteiger partial charge in [-0.1, -0.05) is 11.6 Å². The predicted molar refractivity (Wildman–Crippen MR) is 105 cm³/mol. The summed E-state index contributed by atoms with van der Waals surface area (Å²) in [6, 6.07) is 3.54. The van der Waals surface area contributed by atoms with Crippen molar-refractivity contribution in [3.63, 3.8) is 0 Å². The summed E-state index contributed by atoms with van der Waals surface area (Å²) >= 11 is 0. The highest BCUT2D eigenvalue weighted by atomic mass is 16.5. The molecule has 2 aliphatic rings. The Labute approximate surface area is 170 Å². The minimum Gasteiger partial charge on any atom is -0.339 e. The molecular weight excluding hydrogens is 370 g/mol. The van der Waals surface area contributed by atoms with E-state index in [9.17, 15) is 9.59 Å². The highest BCUT2D eigenvalue weighted by Gasteiger charge is 2.30. The fourth-order valence-electron chi connectivity index (χ4n) is 4.07. The number of pyridine rings is 1. The van der Waals surface area contributed by atoms with Crippen LogP contribution in [0.4, 0.5) is 0 Å². The zero-order chi connectivity index (χ0) is 20.2. The lowest BCUT2D eigenvalue weighted by molar-refractivity contribution is -0.132. The lowest BCUT2D eigenvalue weighted by Gasteiger charge is -2.39. The van der Waals surface area contributed by atoms with E-state index in [0.717, 1.165) is 31.6 Å². The van der Waals surface area contributed by atoms with Crippen molar-refractivity contribution in [2.75, 3.05) is 19.6 Å². The van der Waals surface area contributed by atoms with Crippen LogP contribution in [-0.4, -0.2) is 62.4 Å². The van der Waals surface area contributed by atoms with Gasteiger partial charge in [0.15, 0.2) is 5.82 Å². The molecule has 3 heterocycles. The van der Waals surface area contributed by atoms with Gasteiger partial charge >= 0.3 is 0 Å². The highest BCUT2D eigenvalue weighted by Crippen LogP contribution is 2.35. The van der Waals surface area contributed by atoms with Crippen molar-refractivity contribution in [3.8, 4) is 0 Å². The summed E-state index contributed by atoms with van der Waals surface area (Å²) in [5, 5.41) is 4.08. The van der Waals surface area contributed by atoms with Crippen molar-refractivity contribution >= 4 is 11.8 Å². The molecule has 1 atom stereocenters. The van der Waals surface area contributed by atoms with Crippen molar-refractivity contribution in [2.45, 2.75) is 57.4 Å². The zero-order valence-electron chi connectivity index (χ0n) is 16.8. The number of rotatable bonds is 6. The van der Waals surface area contributed by atoms with Crippen LogP contribution in [0.2, 0.25) is 0 Å². The Hall–Kier alpha value is -2.77. The van der Waals surface area contributed by atoms with E-state index < -0.39 is 0 Å². The molecule has 4 rings (SSSR count). The lowest BCUT2D eigenvalue weighted by atomic mass is 9.85. The van der Waals surface area contributed by atoms with Crippen molar-refractivity contribution < 1.29 is 14.1 Å². The minimum absolute atomic E-state index is 0.000116. The van der Waals surface area contributed by atoms with E-state index in [1.807, 2.05) is 9.80 Å². The van der Waals surface area contributed by atoms with Gasteiger partial charge in [-0.05, 0) is 37.8 Å². The molecule has 1 aliphatic heterocycles. The third-order valence-electron chi connectivity index (χ3n) is 5.95. The molecule has 8 heteroatoms. The van der Waals surface area contributed by atoms with Crippen LogP contribution in [0.25, 0.3) is 0 Å². The SMILES string of the molecule is CC(=O)N(CCc1noc(C2CCC2)n1)C1CCCN(C(=O)c2cccnc2)C1. The van der Waals surface area contributed by atoms with Crippen LogP contribution in [0.1, 0.15) is 67.0 Å². The van der Waals surface area contributed by atoms with Gasteiger partial charge in [0, 0.05) is 57.3 Å². The average molecular weight is 397 g/mol. The van der Waals surface area contributed by atoms with Crippen LogP contribution in [0.3, 0.4) is 0 Å². The molecule has 2 aromatic rings. The number of hydrogen-bond acceptors (Lipinski definition) is 6. The molecule has 0 radical (unpaired) electrons. The number of likely N-dealkylation sites (tertiary alicyclic amines) is 1. The van der Waals surface area contributed by atoms with E-state index in [4.69, 9.17) is 4.52 Å². The first-order valence-corrected chi connectivity index (χ1v) is 10.4. The molecule has 8 nitrogen and oxygen atoms in total. The van der Waals surface area contributed by atoms with Crippen LogP contribution in [0, 0.1) is 0 Å². The molecular formula is C21H27N5O3. The smallest absolute Gasteiger partial charge is 0.255 e. The first-order valence-electron chi connectivity index (χ1n) is 10.4. The second-order valence-electron chi connectivity index (χ2n) is 7.93. The molecule has 154 valence electrons. The second kappa shape index (κ2) is 8.71. The van der Waals surface area contributed by atoms with Gasteiger partial charge in [-0.15, -0.1) is 0 Å². The summed E-state index contributed by atoms with van der Waals surface area (Å²) in [5.41, 5.74) is 0.581. The summed E-state index contributed by atoms with van der Waals surface area (Å²) < 4.78 is 5.38. The van der Waals surface area contributed by atoms with Crippen LogP contribution in [0.5, 0.6) is 0 Å². The van der Waals surface area contributed by atoms with E-state index in [-0.39, 0.29) is 17.9 Å². The maximum Gasteiger partial charge on any atom is 0.255 e. The van der Waals surface area contributed by atoms with Gasteiger partial charge < -0.3 is 14.3 Å². The van der Waals surface area contributed by atoms with Gasteiger partial charge in [0.05, 0.1) is 5.56 Å². The molecule has 0 N–H and O–H groups in total. The predicted octanol–water partition coefficient (Wildman–Crippen LogP) is 2.43. The number of nitrogens with zero attached hydrogens (tertiary/aromatic N) is 5. The second-order valence-corrected chi connectivity index (χ2v) is 7.93. The van der Waals surface area contributed by atoms with Crippen LogP contribution < -0.4 is 0 Å². The largest absolute Gasteiger partial charge is 0.339 e. The molecule has 2 aromatic heterocycles. The molecule has 29 heavy (non-hydrogen) atoms. The Morgan fingerprint density at radius 3 is 2.83 bits per heavy atom. The van der Waals surface area contributed by atoms with Gasteiger partial charge in [0.1, 0.15) is 0 Å². The Bertz CT molecular complexity index is 849. The van der Waals surface area contributed by atoms with Crippen molar-refractivity contribution in [1.29, 1.82) is 0 Å². The lowest BCUT2D eigenvalue weighted by Crippen LogP contribution is -2.51. The molecule has 0 spiro atoms. The van der Waals surface area contributed by atoms with Gasteiger partial charge in [-0.2, -0.15) is 4.98 Å². The van der Waals surface area contributed by atoms with Gasteiger partial charge in [-0.25, -0.2) is 0 Å². The van der Waals surface area contributed by atoms with Gasteiger partial charge in [0.25, 0.3) is 5.91 Å². The van der Waals surface area contributed by atoms with E-state index in [2.05, 4.69) is 15.1 Å². The minimum atomic E-state index is -0.0328. The Balaban J connectivity index is 1.37. The first-order chi connectivity index (χ1) is 14.1. The Morgan fingerprint density at radius 2 is 2.14 bits per heavy atom. The summed E-state index contributed by atoms with van der Waals surface area (Å²) in [6.07, 6.45) is 9.00. The van der Waals surface area contributed by atoms with Gasteiger partial charge in [0.2, 0.25) is 11.8 Å². The van der Waals surface area contributed by atoms with Crippen molar-refractivity contribution in [2.24, 2.45) is 0 Å². The van der Waals surface area contributed by atoms with Crippen LogP contribution in [-0.2, 0) is 11.2 Å². The summed E-state index contributed by atoms with van der Waals surface area (Å²) in [4.78, 5) is 37.3. The fraction of sp³-hybridized carbons (Fsp3) is 0.571. The number of carbonyl (C=O) groups is 2. The molecule has 1 aliphatic carbocycles. The topological polar surface area (TPSA) is 92.4 Å². The molecule has 2 fully saturated rings. The number of piperidine rings is 1. The van der Waals surface area contributed by atoms with Crippen molar-refractivity contribution in [1.82, 2.24) is 24.9 Å². The molecule has 2 amide bonds. The van der Waals surface area contributed by atoms with Gasteiger partial charge in [-0.3, -0.25) is 14.6 Å². The monoisotopic (exact) mass is 397 g/mol. The van der Waals surface area contributed by atoms with E-state index in [1.165, 1.54) is 6.42 Å². The highest BCUT2D eigenvalue weighted by molar-refractivity contribution is 5.94. The molecule has 0 aromatic carbocycles. The van der Waals surface area contributed by atoms with E-state index in [0.29, 0.717) is 43.4 Å². The Morgan fingerprint density at radius 1 is 1.28 bits per heavy atom. The quantitative estimate of drug-likeness (QED) is 0.743. The third kappa shape index (κ3) is 4.46. The normalized spacial score (nSPS) is 19.6. The molecule has 0 bridgehead atoms.